The summed E-state index contributed by atoms with van der Waals surface area (Å²) >= 11 is 2.47. The third-order valence-electron chi connectivity index (χ3n) is 3.53. The molecular formula is C18H29IO. The van der Waals surface area contributed by atoms with Crippen molar-refractivity contribution in [3.8, 4) is 0 Å². The Morgan fingerprint density at radius 2 is 1.25 bits per heavy atom. The summed E-state index contributed by atoms with van der Waals surface area (Å²) < 4.78 is 7.01. The predicted molar refractivity (Wildman–Crippen MR) is 96.5 cm³/mol. The molecular weight excluding hydrogens is 359 g/mol. The van der Waals surface area contributed by atoms with Crippen molar-refractivity contribution in [1.82, 2.24) is 0 Å². The summed E-state index contributed by atoms with van der Waals surface area (Å²) in [4.78, 5) is 0. The van der Waals surface area contributed by atoms with Crippen molar-refractivity contribution in [3.05, 3.63) is 35.9 Å². The Morgan fingerprint density at radius 3 is 1.85 bits per heavy atom. The zero-order chi connectivity index (χ0) is 14.3. The van der Waals surface area contributed by atoms with Crippen LogP contribution in [0.4, 0.5) is 0 Å². The Balaban J connectivity index is 1.77. The van der Waals surface area contributed by atoms with Gasteiger partial charge in [-0.3, -0.25) is 0 Å². The number of ether oxygens (including phenoxy) is 1. The summed E-state index contributed by atoms with van der Waals surface area (Å²) in [5, 5.41) is 0. The Labute approximate surface area is 138 Å². The van der Waals surface area contributed by atoms with E-state index in [0.717, 1.165) is 13.2 Å². The van der Waals surface area contributed by atoms with E-state index in [1.807, 2.05) is 6.07 Å². The van der Waals surface area contributed by atoms with Gasteiger partial charge in [-0.25, -0.2) is 0 Å². The van der Waals surface area contributed by atoms with E-state index in [-0.39, 0.29) is 0 Å². The quantitative estimate of drug-likeness (QED) is 0.224. The second-order valence-corrected chi connectivity index (χ2v) is 6.49. The van der Waals surface area contributed by atoms with Crippen molar-refractivity contribution in [2.45, 2.75) is 64.4 Å². The summed E-state index contributed by atoms with van der Waals surface area (Å²) in [5.41, 5.74) is 1.28. The molecule has 0 heterocycles. The van der Waals surface area contributed by atoms with Crippen LogP contribution in [0.3, 0.4) is 0 Å². The van der Waals surface area contributed by atoms with Crippen molar-refractivity contribution in [1.29, 1.82) is 0 Å². The fourth-order valence-electron chi connectivity index (χ4n) is 2.30. The lowest BCUT2D eigenvalue weighted by molar-refractivity contribution is 0.116. The number of alkyl halides is 1. The molecule has 0 aliphatic carbocycles. The molecule has 1 aromatic rings. The Kier molecular flexibility index (Phi) is 12.5. The highest BCUT2D eigenvalue weighted by Crippen LogP contribution is 2.10. The highest BCUT2D eigenvalue weighted by Gasteiger charge is 1.94. The molecule has 1 nitrogen and oxygen atoms in total. The normalized spacial score (nSPS) is 10.8. The van der Waals surface area contributed by atoms with Crippen LogP contribution in [-0.2, 0) is 11.3 Å². The van der Waals surface area contributed by atoms with Gasteiger partial charge in [0.05, 0.1) is 6.61 Å². The molecule has 0 amide bonds. The molecule has 0 bridgehead atoms. The van der Waals surface area contributed by atoms with E-state index in [0.29, 0.717) is 0 Å². The van der Waals surface area contributed by atoms with Crippen LogP contribution in [0, 0.1) is 0 Å². The van der Waals surface area contributed by atoms with Crippen LogP contribution >= 0.6 is 22.6 Å². The van der Waals surface area contributed by atoms with Crippen LogP contribution in [0.15, 0.2) is 30.3 Å². The van der Waals surface area contributed by atoms with Crippen LogP contribution in [-0.4, -0.2) is 11.0 Å². The third kappa shape index (κ3) is 10.7. The van der Waals surface area contributed by atoms with Crippen LogP contribution in [0.1, 0.15) is 63.4 Å². The van der Waals surface area contributed by atoms with Gasteiger partial charge in [-0.05, 0) is 22.8 Å². The lowest BCUT2D eigenvalue weighted by Gasteiger charge is -2.04. The standard InChI is InChI=1S/C18H29IO/c19-15-11-6-4-2-1-3-5-7-12-16-20-17-18-13-9-8-10-14-18/h8-10,13-14H,1-7,11-12,15-17H2. The fraction of sp³-hybridized carbons (Fsp3) is 0.667. The number of hydrogen-bond acceptors (Lipinski definition) is 1. The van der Waals surface area contributed by atoms with Crippen molar-refractivity contribution in [2.75, 3.05) is 11.0 Å². The minimum atomic E-state index is 0.762. The Bertz CT molecular complexity index is 300. The van der Waals surface area contributed by atoms with Gasteiger partial charge < -0.3 is 4.74 Å². The molecule has 0 radical (unpaired) electrons. The molecule has 0 aromatic heterocycles. The zero-order valence-electron chi connectivity index (χ0n) is 12.7. The number of benzene rings is 1. The lowest BCUT2D eigenvalue weighted by atomic mass is 10.1. The molecule has 0 N–H and O–H groups in total. The van der Waals surface area contributed by atoms with Crippen LogP contribution < -0.4 is 0 Å². The molecule has 0 spiro atoms. The molecule has 1 aromatic carbocycles. The number of unbranched alkanes of at least 4 members (excludes halogenated alkanes) is 8. The van der Waals surface area contributed by atoms with Gasteiger partial charge in [0.1, 0.15) is 0 Å². The molecule has 1 rings (SSSR count). The first-order valence-electron chi connectivity index (χ1n) is 8.11. The Morgan fingerprint density at radius 1 is 0.700 bits per heavy atom. The van der Waals surface area contributed by atoms with Gasteiger partial charge in [0.2, 0.25) is 0 Å². The van der Waals surface area contributed by atoms with Crippen LogP contribution in [0.25, 0.3) is 0 Å². The SMILES string of the molecule is ICCCCCCCCCCCOCc1ccccc1. The predicted octanol–water partition coefficient (Wildman–Crippen LogP) is 6.15. The average molecular weight is 388 g/mol. The molecule has 0 saturated heterocycles. The van der Waals surface area contributed by atoms with Gasteiger partial charge >= 0.3 is 0 Å². The first kappa shape index (κ1) is 18.0. The molecule has 20 heavy (non-hydrogen) atoms. The van der Waals surface area contributed by atoms with Gasteiger partial charge in [-0.1, -0.05) is 97.9 Å². The first-order chi connectivity index (χ1) is 9.93. The summed E-state index contributed by atoms with van der Waals surface area (Å²) in [6, 6.07) is 10.4. The van der Waals surface area contributed by atoms with Crippen molar-refractivity contribution in [3.63, 3.8) is 0 Å². The number of hydrogen-bond donors (Lipinski definition) is 0. The summed E-state index contributed by atoms with van der Waals surface area (Å²) in [6.45, 7) is 1.67. The van der Waals surface area contributed by atoms with Gasteiger partial charge in [0.15, 0.2) is 0 Å². The molecule has 0 aliphatic heterocycles. The summed E-state index contributed by atoms with van der Waals surface area (Å²) in [5.74, 6) is 0. The van der Waals surface area contributed by atoms with E-state index >= 15 is 0 Å². The largest absolute Gasteiger partial charge is 0.377 e. The highest BCUT2D eigenvalue weighted by atomic mass is 127. The second kappa shape index (κ2) is 13.9. The smallest absolute Gasteiger partial charge is 0.0716 e. The maximum absolute atomic E-state index is 5.69. The molecule has 114 valence electrons. The minimum Gasteiger partial charge on any atom is -0.377 e. The van der Waals surface area contributed by atoms with Crippen LogP contribution in [0.5, 0.6) is 0 Å². The maximum atomic E-state index is 5.69. The van der Waals surface area contributed by atoms with E-state index in [2.05, 4.69) is 46.9 Å². The zero-order valence-corrected chi connectivity index (χ0v) is 14.8. The van der Waals surface area contributed by atoms with Crippen LogP contribution in [0.2, 0.25) is 0 Å². The van der Waals surface area contributed by atoms with E-state index in [4.69, 9.17) is 4.74 Å². The van der Waals surface area contributed by atoms with E-state index in [1.54, 1.807) is 0 Å². The van der Waals surface area contributed by atoms with Gasteiger partial charge in [-0.15, -0.1) is 0 Å². The minimum absolute atomic E-state index is 0.762. The van der Waals surface area contributed by atoms with E-state index in [9.17, 15) is 0 Å². The number of rotatable bonds is 13. The molecule has 0 unspecified atom stereocenters. The van der Waals surface area contributed by atoms with Crippen molar-refractivity contribution >= 4 is 22.6 Å². The van der Waals surface area contributed by atoms with Gasteiger partial charge in [-0.2, -0.15) is 0 Å². The topological polar surface area (TPSA) is 9.23 Å². The second-order valence-electron chi connectivity index (χ2n) is 5.41. The fourth-order valence-corrected chi connectivity index (χ4v) is 2.84. The molecule has 0 fully saturated rings. The average Bonchev–Trinajstić information content (AvgIpc) is 2.49. The van der Waals surface area contributed by atoms with Gasteiger partial charge in [0.25, 0.3) is 0 Å². The first-order valence-corrected chi connectivity index (χ1v) is 9.63. The number of halogens is 1. The molecule has 2 heteroatoms. The Hall–Kier alpha value is -0.0900. The molecule has 0 saturated carbocycles. The van der Waals surface area contributed by atoms with Crippen molar-refractivity contribution in [2.24, 2.45) is 0 Å². The van der Waals surface area contributed by atoms with Crippen molar-refractivity contribution < 1.29 is 4.74 Å². The highest BCUT2D eigenvalue weighted by molar-refractivity contribution is 14.1. The maximum Gasteiger partial charge on any atom is 0.0716 e. The monoisotopic (exact) mass is 388 g/mol. The van der Waals surface area contributed by atoms with E-state index in [1.165, 1.54) is 67.8 Å². The summed E-state index contributed by atoms with van der Waals surface area (Å²) in [6.07, 6.45) is 12.4. The third-order valence-corrected chi connectivity index (χ3v) is 4.30. The lowest BCUT2D eigenvalue weighted by Crippen LogP contribution is -1.95. The summed E-state index contributed by atoms with van der Waals surface area (Å²) in [7, 11) is 0. The van der Waals surface area contributed by atoms with Gasteiger partial charge in [0, 0.05) is 6.61 Å². The molecule has 0 aliphatic rings. The molecule has 0 atom stereocenters. The van der Waals surface area contributed by atoms with E-state index < -0.39 is 0 Å².